The summed E-state index contributed by atoms with van der Waals surface area (Å²) in [6, 6.07) is 9.50. The molecule has 1 N–H and O–H groups in total. The predicted octanol–water partition coefficient (Wildman–Crippen LogP) is 2.39. The Balaban J connectivity index is 1.92. The molecule has 0 heterocycles. The zero-order chi connectivity index (χ0) is 10.7. The summed E-state index contributed by atoms with van der Waals surface area (Å²) in [5, 5.41) is 3.58. The van der Waals surface area contributed by atoms with Gasteiger partial charge in [0.15, 0.2) is 0 Å². The minimum atomic E-state index is 0.771. The van der Waals surface area contributed by atoms with Crippen LogP contribution in [0.15, 0.2) is 24.3 Å². The fourth-order valence-electron chi connectivity index (χ4n) is 1.82. The molecule has 1 aromatic rings. The topological polar surface area (TPSA) is 15.3 Å². The number of hydrogen-bond donors (Lipinski definition) is 1. The van der Waals surface area contributed by atoms with Crippen LogP contribution in [0.4, 0.5) is 5.69 Å². The van der Waals surface area contributed by atoms with E-state index in [0.717, 1.165) is 12.6 Å². The molecule has 1 saturated carbocycles. The van der Waals surface area contributed by atoms with Crippen molar-refractivity contribution in [3.8, 4) is 0 Å². The van der Waals surface area contributed by atoms with Crippen molar-refractivity contribution in [3.05, 3.63) is 29.8 Å². The second-order valence-corrected chi connectivity index (χ2v) is 4.57. The molecule has 0 bridgehead atoms. The van der Waals surface area contributed by atoms with Crippen LogP contribution in [0.25, 0.3) is 0 Å². The summed E-state index contributed by atoms with van der Waals surface area (Å²) in [6.45, 7) is 1.01. The standard InChI is InChI=1S/C13H20N2/c1-15(2)13-8-3-5-11(9-13)10-14-12-6-4-7-12/h3,5,8-9,12,14H,4,6-7,10H2,1-2H3. The van der Waals surface area contributed by atoms with E-state index in [1.165, 1.54) is 30.5 Å². The van der Waals surface area contributed by atoms with E-state index in [2.05, 4.69) is 48.6 Å². The van der Waals surface area contributed by atoms with Crippen molar-refractivity contribution in [3.63, 3.8) is 0 Å². The lowest BCUT2D eigenvalue weighted by molar-refractivity contribution is 0.338. The van der Waals surface area contributed by atoms with E-state index in [1.807, 2.05) is 0 Å². The van der Waals surface area contributed by atoms with Gasteiger partial charge in [-0.1, -0.05) is 18.6 Å². The Labute approximate surface area is 92.3 Å². The highest BCUT2D eigenvalue weighted by Crippen LogP contribution is 2.19. The monoisotopic (exact) mass is 204 g/mol. The smallest absolute Gasteiger partial charge is 0.0364 e. The van der Waals surface area contributed by atoms with Crippen LogP contribution in [0.3, 0.4) is 0 Å². The van der Waals surface area contributed by atoms with Crippen LogP contribution in [0, 0.1) is 0 Å². The average molecular weight is 204 g/mol. The van der Waals surface area contributed by atoms with Gasteiger partial charge < -0.3 is 10.2 Å². The van der Waals surface area contributed by atoms with Crippen LogP contribution in [-0.2, 0) is 6.54 Å². The summed E-state index contributed by atoms with van der Waals surface area (Å²) in [4.78, 5) is 2.15. The maximum absolute atomic E-state index is 3.58. The second-order valence-electron chi connectivity index (χ2n) is 4.57. The molecule has 0 aromatic heterocycles. The Hall–Kier alpha value is -1.02. The number of nitrogens with one attached hydrogen (secondary N) is 1. The van der Waals surface area contributed by atoms with Gasteiger partial charge in [-0.2, -0.15) is 0 Å². The first-order chi connectivity index (χ1) is 7.25. The maximum Gasteiger partial charge on any atom is 0.0364 e. The Morgan fingerprint density at radius 3 is 2.73 bits per heavy atom. The molecular weight excluding hydrogens is 184 g/mol. The van der Waals surface area contributed by atoms with E-state index in [1.54, 1.807) is 0 Å². The molecule has 2 heteroatoms. The maximum atomic E-state index is 3.58. The van der Waals surface area contributed by atoms with E-state index in [0.29, 0.717) is 0 Å². The average Bonchev–Trinajstić information content (AvgIpc) is 2.16. The molecule has 1 aliphatic rings. The largest absolute Gasteiger partial charge is 0.378 e. The van der Waals surface area contributed by atoms with E-state index in [-0.39, 0.29) is 0 Å². The number of anilines is 1. The van der Waals surface area contributed by atoms with Gasteiger partial charge in [0.25, 0.3) is 0 Å². The van der Waals surface area contributed by atoms with Crippen molar-refractivity contribution in [2.45, 2.75) is 31.8 Å². The first-order valence-electron chi connectivity index (χ1n) is 5.75. The Bertz CT molecular complexity index is 316. The van der Waals surface area contributed by atoms with E-state index in [9.17, 15) is 0 Å². The SMILES string of the molecule is CN(C)c1cccc(CNC2CCC2)c1. The van der Waals surface area contributed by atoms with Crippen LogP contribution in [0.5, 0.6) is 0 Å². The Morgan fingerprint density at radius 2 is 2.13 bits per heavy atom. The van der Waals surface area contributed by atoms with Gasteiger partial charge in [-0.25, -0.2) is 0 Å². The summed E-state index contributed by atoms with van der Waals surface area (Å²) < 4.78 is 0. The van der Waals surface area contributed by atoms with Crippen LogP contribution >= 0.6 is 0 Å². The van der Waals surface area contributed by atoms with Gasteiger partial charge in [0.05, 0.1) is 0 Å². The Kier molecular flexibility index (Phi) is 3.27. The minimum absolute atomic E-state index is 0.771. The molecule has 0 atom stereocenters. The van der Waals surface area contributed by atoms with Crippen molar-refractivity contribution < 1.29 is 0 Å². The summed E-state index contributed by atoms with van der Waals surface area (Å²) >= 11 is 0. The first-order valence-corrected chi connectivity index (χ1v) is 5.75. The number of nitrogens with zero attached hydrogens (tertiary/aromatic N) is 1. The third-order valence-electron chi connectivity index (χ3n) is 3.13. The van der Waals surface area contributed by atoms with Crippen LogP contribution in [0.1, 0.15) is 24.8 Å². The quantitative estimate of drug-likeness (QED) is 0.810. The van der Waals surface area contributed by atoms with Gasteiger partial charge in [0.2, 0.25) is 0 Å². The lowest BCUT2D eigenvalue weighted by Gasteiger charge is -2.26. The van der Waals surface area contributed by atoms with Crippen molar-refractivity contribution in [1.29, 1.82) is 0 Å². The Morgan fingerprint density at radius 1 is 1.33 bits per heavy atom. The highest BCUT2D eigenvalue weighted by Gasteiger charge is 2.15. The third kappa shape index (κ3) is 2.72. The lowest BCUT2D eigenvalue weighted by Crippen LogP contribution is -2.34. The summed E-state index contributed by atoms with van der Waals surface area (Å²) in [7, 11) is 4.16. The van der Waals surface area contributed by atoms with Crippen molar-refractivity contribution in [1.82, 2.24) is 5.32 Å². The summed E-state index contributed by atoms with van der Waals surface area (Å²) in [5.74, 6) is 0. The molecular formula is C13H20N2. The highest BCUT2D eigenvalue weighted by atomic mass is 15.1. The summed E-state index contributed by atoms with van der Waals surface area (Å²) in [6.07, 6.45) is 4.11. The molecule has 1 aromatic carbocycles. The summed E-state index contributed by atoms with van der Waals surface area (Å²) in [5.41, 5.74) is 2.66. The molecule has 82 valence electrons. The number of hydrogen-bond acceptors (Lipinski definition) is 2. The zero-order valence-electron chi connectivity index (χ0n) is 9.66. The van der Waals surface area contributed by atoms with Gasteiger partial charge in [-0.15, -0.1) is 0 Å². The fraction of sp³-hybridized carbons (Fsp3) is 0.538. The lowest BCUT2D eigenvalue weighted by atomic mass is 9.93. The van der Waals surface area contributed by atoms with Crippen molar-refractivity contribution >= 4 is 5.69 Å². The van der Waals surface area contributed by atoms with Crippen LogP contribution < -0.4 is 10.2 Å². The minimum Gasteiger partial charge on any atom is -0.378 e. The van der Waals surface area contributed by atoms with Gasteiger partial charge in [-0.05, 0) is 30.5 Å². The van der Waals surface area contributed by atoms with Crippen LogP contribution in [0.2, 0.25) is 0 Å². The fourth-order valence-corrected chi connectivity index (χ4v) is 1.82. The molecule has 0 unspecified atom stereocenters. The van der Waals surface area contributed by atoms with E-state index in [4.69, 9.17) is 0 Å². The molecule has 0 amide bonds. The molecule has 2 rings (SSSR count). The van der Waals surface area contributed by atoms with Gasteiger partial charge in [-0.3, -0.25) is 0 Å². The van der Waals surface area contributed by atoms with E-state index < -0.39 is 0 Å². The first kappa shape index (κ1) is 10.5. The van der Waals surface area contributed by atoms with Gasteiger partial charge >= 0.3 is 0 Å². The molecule has 0 saturated heterocycles. The van der Waals surface area contributed by atoms with Gasteiger partial charge in [0, 0.05) is 32.4 Å². The highest BCUT2D eigenvalue weighted by molar-refractivity contribution is 5.47. The third-order valence-corrected chi connectivity index (χ3v) is 3.13. The van der Waals surface area contributed by atoms with Crippen molar-refractivity contribution in [2.24, 2.45) is 0 Å². The molecule has 1 aliphatic carbocycles. The predicted molar refractivity (Wildman–Crippen MR) is 65.2 cm³/mol. The molecule has 15 heavy (non-hydrogen) atoms. The van der Waals surface area contributed by atoms with Crippen molar-refractivity contribution in [2.75, 3.05) is 19.0 Å². The molecule has 1 fully saturated rings. The van der Waals surface area contributed by atoms with E-state index >= 15 is 0 Å². The molecule has 0 radical (unpaired) electrons. The molecule has 2 nitrogen and oxygen atoms in total. The zero-order valence-corrected chi connectivity index (χ0v) is 9.66. The number of benzene rings is 1. The second kappa shape index (κ2) is 4.67. The molecule has 0 spiro atoms. The van der Waals surface area contributed by atoms with Crippen LogP contribution in [-0.4, -0.2) is 20.1 Å². The number of rotatable bonds is 4. The molecule has 0 aliphatic heterocycles. The normalized spacial score (nSPS) is 16.1. The van der Waals surface area contributed by atoms with Gasteiger partial charge in [0.1, 0.15) is 0 Å².